The van der Waals surface area contributed by atoms with E-state index in [1.54, 1.807) is 12.4 Å². The van der Waals surface area contributed by atoms with Gasteiger partial charge < -0.3 is 4.57 Å². The van der Waals surface area contributed by atoms with Crippen molar-refractivity contribution in [2.75, 3.05) is 0 Å². The van der Waals surface area contributed by atoms with Gasteiger partial charge in [0.1, 0.15) is 0 Å². The average Bonchev–Trinajstić information content (AvgIpc) is 3.53. The van der Waals surface area contributed by atoms with Crippen LogP contribution in [0, 0.1) is 0 Å². The molecule has 5 heteroatoms. The highest BCUT2D eigenvalue weighted by molar-refractivity contribution is 6.15. The van der Waals surface area contributed by atoms with Crippen molar-refractivity contribution in [3.8, 4) is 0 Å². The van der Waals surface area contributed by atoms with Crippen molar-refractivity contribution < 1.29 is 4.79 Å². The highest BCUT2D eigenvalue weighted by Crippen LogP contribution is 2.33. The number of carbonyl (C=O) groups excluding carboxylic acids is 1. The number of allylic oxidation sites excluding steroid dienone is 1. The highest BCUT2D eigenvalue weighted by Gasteiger charge is 2.24. The lowest BCUT2D eigenvalue weighted by atomic mass is 9.96. The number of nitrogens with zero attached hydrogens (tertiary/aromatic N) is 4. The number of imidazole rings is 1. The van der Waals surface area contributed by atoms with E-state index < -0.39 is 0 Å². The fraction of sp³-hybridized carbons (Fsp3) is 0.214. The van der Waals surface area contributed by atoms with Crippen LogP contribution in [-0.4, -0.2) is 26.0 Å². The number of fused-ring (bicyclic) bond motifs is 3. The number of pyridine rings is 1. The molecule has 0 radical (unpaired) electrons. The van der Waals surface area contributed by atoms with Crippen LogP contribution >= 0.6 is 0 Å². The van der Waals surface area contributed by atoms with Crippen LogP contribution in [0.3, 0.4) is 0 Å². The minimum atomic E-state index is 0.178. The third-order valence-corrected chi connectivity index (χ3v) is 6.61. The molecule has 0 saturated heterocycles. The topological polar surface area (TPSA) is 60.1 Å². The van der Waals surface area contributed by atoms with E-state index in [0.29, 0.717) is 25.4 Å². The number of ketones is 1. The molecule has 0 N–H and O–H groups in total. The Labute approximate surface area is 192 Å². The largest absolute Gasteiger partial charge is 0.328 e. The molecular formula is C28H24N4O. The van der Waals surface area contributed by atoms with Gasteiger partial charge >= 0.3 is 0 Å². The number of hydrogen-bond donors (Lipinski definition) is 0. The van der Waals surface area contributed by atoms with Gasteiger partial charge in [-0.3, -0.25) is 14.8 Å². The molecule has 3 heterocycles. The first-order valence-corrected chi connectivity index (χ1v) is 11.4. The van der Waals surface area contributed by atoms with E-state index in [2.05, 4.69) is 58.7 Å². The van der Waals surface area contributed by atoms with Crippen LogP contribution in [0.15, 0.2) is 71.8 Å². The van der Waals surface area contributed by atoms with Crippen molar-refractivity contribution in [3.05, 3.63) is 100 Å². The number of Topliss-reactive ketones (excluding diaryl/α,β-unsaturated/α-hetero) is 1. The van der Waals surface area contributed by atoms with Gasteiger partial charge in [0.05, 0.1) is 29.6 Å². The number of rotatable bonds is 5. The van der Waals surface area contributed by atoms with Crippen LogP contribution < -0.4 is 0 Å². The van der Waals surface area contributed by atoms with E-state index in [1.807, 2.05) is 24.5 Å². The summed E-state index contributed by atoms with van der Waals surface area (Å²) in [6.07, 6.45) is 8.62. The molecule has 1 aliphatic heterocycles. The number of aliphatic imine (C=N–C) groups is 1. The Hall–Kier alpha value is -3.86. The third-order valence-electron chi connectivity index (χ3n) is 6.61. The summed E-state index contributed by atoms with van der Waals surface area (Å²) in [4.78, 5) is 26.5. The van der Waals surface area contributed by atoms with E-state index in [-0.39, 0.29) is 5.78 Å². The smallest absolute Gasteiger partial charge is 0.163 e. The molecule has 0 atom stereocenters. The number of aromatic nitrogens is 3. The van der Waals surface area contributed by atoms with Crippen molar-refractivity contribution in [2.24, 2.45) is 4.99 Å². The Kier molecular flexibility index (Phi) is 4.57. The number of benzene rings is 2. The van der Waals surface area contributed by atoms with Gasteiger partial charge in [-0.2, -0.15) is 0 Å². The predicted octanol–water partition coefficient (Wildman–Crippen LogP) is 5.11. The lowest BCUT2D eigenvalue weighted by Crippen LogP contribution is -2.06. The van der Waals surface area contributed by atoms with Gasteiger partial charge in [-0.25, -0.2) is 4.98 Å². The first kappa shape index (κ1) is 19.8. The van der Waals surface area contributed by atoms with Crippen LogP contribution in [0.5, 0.6) is 0 Å². The van der Waals surface area contributed by atoms with E-state index >= 15 is 0 Å². The van der Waals surface area contributed by atoms with Crippen LogP contribution in [0.2, 0.25) is 0 Å². The molecule has 0 spiro atoms. The minimum Gasteiger partial charge on any atom is -0.328 e. The van der Waals surface area contributed by atoms with Crippen molar-refractivity contribution in [3.63, 3.8) is 0 Å². The zero-order chi connectivity index (χ0) is 22.5. The van der Waals surface area contributed by atoms with E-state index in [9.17, 15) is 4.79 Å². The van der Waals surface area contributed by atoms with Gasteiger partial charge in [-0.05, 0) is 72.5 Å². The molecule has 6 rings (SSSR count). The molecule has 0 bridgehead atoms. The summed E-state index contributed by atoms with van der Waals surface area (Å²) in [5, 5.41) is 0. The molecule has 1 aliphatic carbocycles. The summed E-state index contributed by atoms with van der Waals surface area (Å²) in [5.41, 5.74) is 10.8. The molecule has 0 fully saturated rings. The molecule has 2 aromatic carbocycles. The zero-order valence-corrected chi connectivity index (χ0v) is 18.7. The number of carbonyl (C=O) groups is 1. The lowest BCUT2D eigenvalue weighted by Gasteiger charge is -2.08. The summed E-state index contributed by atoms with van der Waals surface area (Å²) < 4.78 is 2.15. The molecule has 2 aliphatic rings. The fourth-order valence-corrected chi connectivity index (χ4v) is 4.88. The van der Waals surface area contributed by atoms with Gasteiger partial charge in [0, 0.05) is 48.0 Å². The number of hydrogen-bond acceptors (Lipinski definition) is 4. The van der Waals surface area contributed by atoms with Gasteiger partial charge in [-0.1, -0.05) is 12.1 Å². The molecule has 5 nitrogen and oxygen atoms in total. The normalized spacial score (nSPS) is 14.4. The monoisotopic (exact) mass is 432 g/mol. The summed E-state index contributed by atoms with van der Waals surface area (Å²) in [6, 6.07) is 14.9. The van der Waals surface area contributed by atoms with Crippen LogP contribution in [0.4, 0.5) is 0 Å². The highest BCUT2D eigenvalue weighted by atomic mass is 16.1. The summed E-state index contributed by atoms with van der Waals surface area (Å²) in [7, 11) is 0. The molecule has 33 heavy (non-hydrogen) atoms. The van der Waals surface area contributed by atoms with Crippen molar-refractivity contribution in [1.82, 2.24) is 14.5 Å². The average molecular weight is 433 g/mol. The Morgan fingerprint density at radius 3 is 2.73 bits per heavy atom. The third kappa shape index (κ3) is 3.41. The van der Waals surface area contributed by atoms with Crippen LogP contribution in [-0.2, 0) is 24.2 Å². The quantitative estimate of drug-likeness (QED) is 0.440. The molecule has 0 amide bonds. The Bertz CT molecular complexity index is 1470. The zero-order valence-electron chi connectivity index (χ0n) is 18.7. The molecule has 4 aromatic rings. The fourth-order valence-electron chi connectivity index (χ4n) is 4.88. The summed E-state index contributed by atoms with van der Waals surface area (Å²) in [5.74, 6) is 0.178. The van der Waals surface area contributed by atoms with Crippen molar-refractivity contribution >= 4 is 28.6 Å². The van der Waals surface area contributed by atoms with E-state index in [4.69, 9.17) is 4.99 Å². The molecule has 0 saturated carbocycles. The van der Waals surface area contributed by atoms with Crippen molar-refractivity contribution in [1.29, 1.82) is 0 Å². The Balaban J connectivity index is 1.24. The molecule has 2 aromatic heterocycles. The van der Waals surface area contributed by atoms with Crippen LogP contribution in [0.25, 0.3) is 17.1 Å². The molecular weight excluding hydrogens is 408 g/mol. The molecule has 162 valence electrons. The maximum Gasteiger partial charge on any atom is 0.163 e. The second-order valence-corrected chi connectivity index (χ2v) is 9.12. The van der Waals surface area contributed by atoms with E-state index in [1.165, 1.54) is 11.1 Å². The summed E-state index contributed by atoms with van der Waals surface area (Å²) >= 11 is 0. The van der Waals surface area contributed by atoms with Gasteiger partial charge in [-0.15, -0.1) is 0 Å². The minimum absolute atomic E-state index is 0.178. The van der Waals surface area contributed by atoms with Crippen LogP contribution in [0.1, 0.15) is 53.3 Å². The van der Waals surface area contributed by atoms with E-state index in [0.717, 1.165) is 44.6 Å². The lowest BCUT2D eigenvalue weighted by molar-refractivity contribution is -0.114. The SMILES string of the molecule is CC(C)n1cnc2cc(CC(=O)C3=Cc4cc5c(cc4C3)CN=C5c3ccncc3)ccc21. The Morgan fingerprint density at radius 1 is 1.06 bits per heavy atom. The maximum atomic E-state index is 13.1. The van der Waals surface area contributed by atoms with Gasteiger partial charge in [0.2, 0.25) is 0 Å². The van der Waals surface area contributed by atoms with Gasteiger partial charge in [0.15, 0.2) is 5.78 Å². The maximum absolute atomic E-state index is 13.1. The Morgan fingerprint density at radius 2 is 1.91 bits per heavy atom. The predicted molar refractivity (Wildman–Crippen MR) is 131 cm³/mol. The van der Waals surface area contributed by atoms with Crippen molar-refractivity contribution in [2.45, 2.75) is 39.3 Å². The standard InChI is InChI=1S/C28H24N4O/c1-17(2)32-16-31-25-9-18(3-4-26(25)32)10-27(33)22-11-20-13-23-15-30-28(19-5-7-29-8-6-19)24(23)14-21(20)12-22/h3-9,12-14,16-17H,10-11,15H2,1-2H3. The second-order valence-electron chi connectivity index (χ2n) is 9.12. The second kappa shape index (κ2) is 7.62. The first-order valence-electron chi connectivity index (χ1n) is 11.4. The molecule has 0 unspecified atom stereocenters. The first-order chi connectivity index (χ1) is 16.1. The summed E-state index contributed by atoms with van der Waals surface area (Å²) in [6.45, 7) is 4.97. The van der Waals surface area contributed by atoms with Gasteiger partial charge in [0.25, 0.3) is 0 Å².